The number of hydrogen-bond donors (Lipinski definition) is 0. The van der Waals surface area contributed by atoms with Crippen molar-refractivity contribution in [3.8, 4) is 17.2 Å². The predicted molar refractivity (Wildman–Crippen MR) is 107 cm³/mol. The van der Waals surface area contributed by atoms with E-state index >= 15 is 0 Å². The predicted octanol–water partition coefficient (Wildman–Crippen LogP) is 5.39. The highest BCUT2D eigenvalue weighted by molar-refractivity contribution is 5.84. The summed E-state index contributed by atoms with van der Waals surface area (Å²) in [5, 5.41) is 2.13. The van der Waals surface area contributed by atoms with E-state index in [4.69, 9.17) is 14.2 Å². The van der Waals surface area contributed by atoms with Crippen LogP contribution in [-0.2, 0) is 4.79 Å². The highest BCUT2D eigenvalue weighted by Crippen LogP contribution is 2.21. The normalized spacial score (nSPS) is 10.6. The second-order valence-electron chi connectivity index (χ2n) is 6.30. The smallest absolute Gasteiger partial charge is 0.349 e. The van der Waals surface area contributed by atoms with E-state index in [1.165, 1.54) is 12.8 Å². The Morgan fingerprint density at radius 2 is 1.44 bits per heavy atom. The van der Waals surface area contributed by atoms with Gasteiger partial charge in [0.25, 0.3) is 0 Å². The zero-order valence-electron chi connectivity index (χ0n) is 15.5. The summed E-state index contributed by atoms with van der Waals surface area (Å²) in [6, 6.07) is 20.7. The first kappa shape index (κ1) is 18.8. The molecule has 0 saturated heterocycles. The van der Waals surface area contributed by atoms with Crippen molar-refractivity contribution in [2.45, 2.75) is 26.2 Å². The van der Waals surface area contributed by atoms with Gasteiger partial charge in [-0.15, -0.1) is 0 Å². The molecule has 3 rings (SSSR count). The molecule has 0 aliphatic heterocycles. The third-order valence-electron chi connectivity index (χ3n) is 4.15. The molecular formula is C23H24O4. The molecule has 27 heavy (non-hydrogen) atoms. The molecule has 0 radical (unpaired) electrons. The van der Waals surface area contributed by atoms with Gasteiger partial charge in [0.1, 0.15) is 17.2 Å². The van der Waals surface area contributed by atoms with Gasteiger partial charge in [0.15, 0.2) is 6.61 Å². The number of ether oxygens (including phenoxy) is 3. The lowest BCUT2D eigenvalue weighted by Crippen LogP contribution is -2.17. The molecule has 3 aromatic carbocycles. The average Bonchev–Trinajstić information content (AvgIpc) is 2.70. The van der Waals surface area contributed by atoms with Crippen molar-refractivity contribution in [2.75, 3.05) is 13.2 Å². The van der Waals surface area contributed by atoms with Gasteiger partial charge >= 0.3 is 5.97 Å². The van der Waals surface area contributed by atoms with Crippen LogP contribution in [-0.4, -0.2) is 19.2 Å². The first-order valence-electron chi connectivity index (χ1n) is 9.30. The third kappa shape index (κ3) is 5.74. The third-order valence-corrected chi connectivity index (χ3v) is 4.15. The molecule has 0 spiro atoms. The molecule has 0 fully saturated rings. The van der Waals surface area contributed by atoms with Gasteiger partial charge in [-0.1, -0.05) is 50.1 Å². The van der Waals surface area contributed by atoms with Gasteiger partial charge in [0.05, 0.1) is 6.61 Å². The van der Waals surface area contributed by atoms with E-state index in [2.05, 4.69) is 6.92 Å². The summed E-state index contributed by atoms with van der Waals surface area (Å²) in [5.74, 6) is 1.48. The zero-order chi connectivity index (χ0) is 18.9. The largest absolute Gasteiger partial charge is 0.494 e. The van der Waals surface area contributed by atoms with Crippen LogP contribution in [0, 0.1) is 0 Å². The first-order valence-corrected chi connectivity index (χ1v) is 9.30. The zero-order valence-corrected chi connectivity index (χ0v) is 15.5. The van der Waals surface area contributed by atoms with Crippen molar-refractivity contribution in [1.29, 1.82) is 0 Å². The summed E-state index contributed by atoms with van der Waals surface area (Å²) in [4.78, 5) is 12.0. The number of benzene rings is 3. The number of unbranched alkanes of at least 4 members (excludes halogenated alkanes) is 2. The van der Waals surface area contributed by atoms with E-state index in [0.29, 0.717) is 18.1 Å². The van der Waals surface area contributed by atoms with Crippen molar-refractivity contribution >= 4 is 16.7 Å². The summed E-state index contributed by atoms with van der Waals surface area (Å²) >= 11 is 0. The van der Waals surface area contributed by atoms with Crippen LogP contribution in [0.15, 0.2) is 66.7 Å². The van der Waals surface area contributed by atoms with Crippen molar-refractivity contribution < 1.29 is 19.0 Å². The fourth-order valence-corrected chi connectivity index (χ4v) is 2.71. The fourth-order valence-electron chi connectivity index (χ4n) is 2.71. The van der Waals surface area contributed by atoms with Crippen LogP contribution in [0.1, 0.15) is 26.2 Å². The Labute approximate surface area is 159 Å². The van der Waals surface area contributed by atoms with E-state index in [9.17, 15) is 4.79 Å². The molecule has 4 nitrogen and oxygen atoms in total. The van der Waals surface area contributed by atoms with Gasteiger partial charge in [-0.2, -0.15) is 0 Å². The Kier molecular flexibility index (Phi) is 6.69. The molecule has 140 valence electrons. The maximum absolute atomic E-state index is 12.0. The van der Waals surface area contributed by atoms with Gasteiger partial charge in [0.2, 0.25) is 0 Å². The molecular weight excluding hydrogens is 340 g/mol. The number of esters is 1. The summed E-state index contributed by atoms with van der Waals surface area (Å²) in [7, 11) is 0. The molecule has 0 bridgehead atoms. The molecule has 0 N–H and O–H groups in total. The minimum atomic E-state index is -0.440. The summed E-state index contributed by atoms with van der Waals surface area (Å²) in [5.41, 5.74) is 0. The lowest BCUT2D eigenvalue weighted by atomic mass is 10.1. The Morgan fingerprint density at radius 1 is 0.778 bits per heavy atom. The first-order chi connectivity index (χ1) is 13.2. The quantitative estimate of drug-likeness (QED) is 0.290. The van der Waals surface area contributed by atoms with Crippen LogP contribution in [0.4, 0.5) is 0 Å². The van der Waals surface area contributed by atoms with E-state index in [0.717, 1.165) is 22.9 Å². The average molecular weight is 364 g/mol. The summed E-state index contributed by atoms with van der Waals surface area (Å²) in [6.07, 6.45) is 3.39. The number of hydrogen-bond acceptors (Lipinski definition) is 4. The van der Waals surface area contributed by atoms with E-state index in [1.54, 1.807) is 18.2 Å². The second-order valence-corrected chi connectivity index (χ2v) is 6.30. The highest BCUT2D eigenvalue weighted by Gasteiger charge is 2.07. The molecule has 0 amide bonds. The Morgan fingerprint density at radius 3 is 2.19 bits per heavy atom. The lowest BCUT2D eigenvalue weighted by molar-refractivity contribution is -0.136. The molecule has 0 atom stereocenters. The lowest BCUT2D eigenvalue weighted by Gasteiger charge is -2.09. The fraction of sp³-hybridized carbons (Fsp3) is 0.261. The Bertz CT molecular complexity index is 871. The van der Waals surface area contributed by atoms with Crippen LogP contribution in [0.2, 0.25) is 0 Å². The number of fused-ring (bicyclic) bond motifs is 1. The topological polar surface area (TPSA) is 44.8 Å². The molecule has 0 unspecified atom stereocenters. The second kappa shape index (κ2) is 9.62. The minimum Gasteiger partial charge on any atom is -0.494 e. The molecule has 0 heterocycles. The SMILES string of the molecule is CCCCCOc1ccc(OCC(=O)Oc2ccc3ccccc3c2)cc1. The highest BCUT2D eigenvalue weighted by atomic mass is 16.6. The molecule has 0 aliphatic rings. The molecule has 0 aliphatic carbocycles. The minimum absolute atomic E-state index is 0.149. The summed E-state index contributed by atoms with van der Waals surface area (Å²) in [6.45, 7) is 2.73. The Hall–Kier alpha value is -3.01. The number of rotatable bonds is 9. The number of carbonyl (C=O) groups is 1. The van der Waals surface area contributed by atoms with Gasteiger partial charge in [-0.3, -0.25) is 0 Å². The van der Waals surface area contributed by atoms with Crippen molar-refractivity contribution in [3.05, 3.63) is 66.7 Å². The van der Waals surface area contributed by atoms with Gasteiger partial charge < -0.3 is 14.2 Å². The van der Waals surface area contributed by atoms with Gasteiger partial charge in [-0.25, -0.2) is 4.79 Å². The van der Waals surface area contributed by atoms with E-state index in [-0.39, 0.29) is 6.61 Å². The summed E-state index contributed by atoms with van der Waals surface area (Å²) < 4.78 is 16.5. The van der Waals surface area contributed by atoms with Crippen LogP contribution >= 0.6 is 0 Å². The van der Waals surface area contributed by atoms with Crippen molar-refractivity contribution in [2.24, 2.45) is 0 Å². The van der Waals surface area contributed by atoms with Crippen LogP contribution in [0.5, 0.6) is 17.2 Å². The van der Waals surface area contributed by atoms with Crippen molar-refractivity contribution in [3.63, 3.8) is 0 Å². The Balaban J connectivity index is 1.46. The maximum atomic E-state index is 12.0. The van der Waals surface area contributed by atoms with Crippen LogP contribution < -0.4 is 14.2 Å². The monoisotopic (exact) mass is 364 g/mol. The van der Waals surface area contributed by atoms with Gasteiger partial charge in [0, 0.05) is 0 Å². The van der Waals surface area contributed by atoms with E-state index in [1.807, 2.05) is 48.5 Å². The standard InChI is InChI=1S/C23H24O4/c1-2-3-6-15-25-20-11-13-21(14-12-20)26-17-23(24)27-22-10-9-18-7-4-5-8-19(18)16-22/h4-5,7-14,16H,2-3,6,15,17H2,1H3. The van der Waals surface area contributed by atoms with Crippen LogP contribution in [0.25, 0.3) is 10.8 Å². The van der Waals surface area contributed by atoms with Crippen molar-refractivity contribution in [1.82, 2.24) is 0 Å². The number of carbonyl (C=O) groups excluding carboxylic acids is 1. The molecule has 0 aromatic heterocycles. The molecule has 4 heteroatoms. The van der Waals surface area contributed by atoms with E-state index < -0.39 is 5.97 Å². The van der Waals surface area contributed by atoms with Gasteiger partial charge in [-0.05, 0) is 53.6 Å². The molecule has 3 aromatic rings. The molecule has 0 saturated carbocycles. The maximum Gasteiger partial charge on any atom is 0.349 e. The van der Waals surface area contributed by atoms with Crippen LogP contribution in [0.3, 0.4) is 0 Å².